The molecule has 0 radical (unpaired) electrons. The average Bonchev–Trinajstić information content (AvgIpc) is 2.49. The van der Waals surface area contributed by atoms with Gasteiger partial charge in [-0.2, -0.15) is 0 Å². The van der Waals surface area contributed by atoms with E-state index < -0.39 is 11.8 Å². The van der Waals surface area contributed by atoms with E-state index in [4.69, 9.17) is 0 Å². The molecule has 2 aromatic carbocycles. The Labute approximate surface area is 124 Å². The van der Waals surface area contributed by atoms with Crippen molar-refractivity contribution in [2.45, 2.75) is 13.5 Å². The third kappa shape index (κ3) is 1.91. The third-order valence-corrected chi connectivity index (χ3v) is 3.61. The number of aromatic hydroxyl groups is 1. The number of hydroxylamine groups is 2. The van der Waals surface area contributed by atoms with E-state index in [-0.39, 0.29) is 34.4 Å². The van der Waals surface area contributed by atoms with E-state index in [1.54, 1.807) is 12.1 Å². The fraction of sp³-hybridized carbons (Fsp3) is 0.133. The summed E-state index contributed by atoms with van der Waals surface area (Å²) in [7, 11) is 0. The van der Waals surface area contributed by atoms with Gasteiger partial charge in [-0.3, -0.25) is 19.6 Å². The molecule has 0 atom stereocenters. The monoisotopic (exact) mass is 300 g/mol. The summed E-state index contributed by atoms with van der Waals surface area (Å²) in [6.07, 6.45) is 0. The van der Waals surface area contributed by atoms with E-state index in [0.717, 1.165) is 0 Å². The number of nitrogens with one attached hydrogen (secondary N) is 1. The summed E-state index contributed by atoms with van der Waals surface area (Å²) >= 11 is 0. The molecule has 112 valence electrons. The van der Waals surface area contributed by atoms with Crippen LogP contribution in [0.2, 0.25) is 0 Å². The predicted molar refractivity (Wildman–Crippen MR) is 75.4 cm³/mol. The van der Waals surface area contributed by atoms with E-state index in [1.165, 1.54) is 19.1 Å². The molecule has 0 fully saturated rings. The zero-order chi connectivity index (χ0) is 16.0. The molecule has 7 nitrogen and oxygen atoms in total. The number of carbonyl (C=O) groups is 3. The molecule has 2 aromatic rings. The minimum atomic E-state index is -0.893. The van der Waals surface area contributed by atoms with Crippen LogP contribution in [0.4, 0.5) is 0 Å². The first-order chi connectivity index (χ1) is 10.4. The normalized spacial score (nSPS) is 13.6. The molecule has 3 rings (SSSR count). The number of phenols is 1. The van der Waals surface area contributed by atoms with Crippen molar-refractivity contribution in [3.63, 3.8) is 0 Å². The second-order valence-electron chi connectivity index (χ2n) is 4.98. The highest BCUT2D eigenvalue weighted by atomic mass is 16.5. The van der Waals surface area contributed by atoms with Crippen LogP contribution >= 0.6 is 0 Å². The number of amides is 3. The number of hydrogen-bond acceptors (Lipinski definition) is 5. The third-order valence-electron chi connectivity index (χ3n) is 3.61. The summed E-state index contributed by atoms with van der Waals surface area (Å²) in [5, 5.41) is 23.2. The van der Waals surface area contributed by atoms with Gasteiger partial charge in [-0.1, -0.05) is 12.1 Å². The van der Waals surface area contributed by atoms with Crippen LogP contribution in [-0.4, -0.2) is 33.1 Å². The summed E-state index contributed by atoms with van der Waals surface area (Å²) in [5.74, 6) is -2.17. The van der Waals surface area contributed by atoms with Gasteiger partial charge in [-0.15, -0.1) is 5.06 Å². The van der Waals surface area contributed by atoms with Crippen LogP contribution in [0.25, 0.3) is 10.8 Å². The van der Waals surface area contributed by atoms with Gasteiger partial charge >= 0.3 is 0 Å². The van der Waals surface area contributed by atoms with Crippen LogP contribution in [0.3, 0.4) is 0 Å². The first-order valence-corrected chi connectivity index (χ1v) is 6.51. The highest BCUT2D eigenvalue weighted by Gasteiger charge is 2.33. The Bertz CT molecular complexity index is 843. The molecule has 0 spiro atoms. The molecule has 0 saturated carbocycles. The topological polar surface area (TPSA) is 107 Å². The first-order valence-electron chi connectivity index (χ1n) is 6.51. The maximum atomic E-state index is 12.0. The van der Waals surface area contributed by atoms with Crippen LogP contribution in [0.5, 0.6) is 5.75 Å². The van der Waals surface area contributed by atoms with Gasteiger partial charge in [0.05, 0.1) is 11.1 Å². The summed E-state index contributed by atoms with van der Waals surface area (Å²) in [4.78, 5) is 35.1. The lowest BCUT2D eigenvalue weighted by Gasteiger charge is -2.23. The predicted octanol–water partition coefficient (Wildman–Crippen LogP) is 1.17. The van der Waals surface area contributed by atoms with Crippen LogP contribution in [0.15, 0.2) is 24.3 Å². The number of carbonyl (C=O) groups excluding carboxylic acids is 3. The average molecular weight is 300 g/mol. The van der Waals surface area contributed by atoms with Gasteiger partial charge < -0.3 is 10.4 Å². The molecule has 1 aliphatic heterocycles. The van der Waals surface area contributed by atoms with Crippen LogP contribution in [0.1, 0.15) is 33.2 Å². The molecule has 1 aliphatic rings. The fourth-order valence-electron chi connectivity index (χ4n) is 2.59. The summed E-state index contributed by atoms with van der Waals surface area (Å²) in [6.45, 7) is 1.41. The van der Waals surface area contributed by atoms with E-state index >= 15 is 0 Å². The molecule has 0 unspecified atom stereocenters. The Kier molecular flexibility index (Phi) is 3.07. The van der Waals surface area contributed by atoms with E-state index in [0.29, 0.717) is 16.3 Å². The highest BCUT2D eigenvalue weighted by molar-refractivity contribution is 6.25. The summed E-state index contributed by atoms with van der Waals surface area (Å²) in [5.41, 5.74) is 0.609. The molecule has 0 saturated heterocycles. The number of imide groups is 1. The quantitative estimate of drug-likeness (QED) is 0.570. The maximum Gasteiger partial charge on any atom is 0.285 e. The van der Waals surface area contributed by atoms with Gasteiger partial charge in [-0.25, -0.2) is 0 Å². The molecular formula is C15H12N2O5. The molecule has 7 heteroatoms. The van der Waals surface area contributed by atoms with Crippen molar-refractivity contribution in [1.82, 2.24) is 10.4 Å². The Morgan fingerprint density at radius 2 is 1.91 bits per heavy atom. The minimum Gasteiger partial charge on any atom is -0.508 e. The van der Waals surface area contributed by atoms with Crippen molar-refractivity contribution in [2.24, 2.45) is 0 Å². The fourth-order valence-corrected chi connectivity index (χ4v) is 2.59. The Hall–Kier alpha value is -2.93. The lowest BCUT2D eigenvalue weighted by Crippen LogP contribution is -2.37. The van der Waals surface area contributed by atoms with E-state index in [2.05, 4.69) is 5.32 Å². The number of rotatable bonds is 2. The number of hydrogen-bond donors (Lipinski definition) is 3. The molecular weight excluding hydrogens is 288 g/mol. The van der Waals surface area contributed by atoms with Gasteiger partial charge in [0.25, 0.3) is 11.8 Å². The van der Waals surface area contributed by atoms with Crippen LogP contribution in [0, 0.1) is 0 Å². The standard InChI is InChI=1S/C15H12N2O5/c1-7(18)16-6-11-8-3-2-4-9-13(8)10(5-12(11)19)15(21)17(22)14(9)20/h2-5,19,22H,6H2,1H3,(H,16,18). The lowest BCUT2D eigenvalue weighted by molar-refractivity contribution is -0.119. The van der Waals surface area contributed by atoms with Crippen LogP contribution < -0.4 is 5.32 Å². The largest absolute Gasteiger partial charge is 0.508 e. The van der Waals surface area contributed by atoms with Crippen molar-refractivity contribution in [2.75, 3.05) is 0 Å². The summed E-state index contributed by atoms with van der Waals surface area (Å²) in [6, 6.07) is 5.91. The van der Waals surface area contributed by atoms with Gasteiger partial charge in [0.2, 0.25) is 5.91 Å². The second kappa shape index (κ2) is 4.81. The number of benzene rings is 2. The van der Waals surface area contributed by atoms with Gasteiger partial charge in [0.15, 0.2) is 0 Å². The first kappa shape index (κ1) is 14.0. The zero-order valence-corrected chi connectivity index (χ0v) is 11.6. The Morgan fingerprint density at radius 3 is 2.59 bits per heavy atom. The van der Waals surface area contributed by atoms with Gasteiger partial charge in [-0.05, 0) is 17.5 Å². The van der Waals surface area contributed by atoms with Crippen molar-refractivity contribution >= 4 is 28.5 Å². The highest BCUT2D eigenvalue weighted by Crippen LogP contribution is 2.36. The smallest absolute Gasteiger partial charge is 0.285 e. The molecule has 1 heterocycles. The minimum absolute atomic E-state index is 0.0318. The maximum absolute atomic E-state index is 12.0. The molecule has 3 N–H and O–H groups in total. The van der Waals surface area contributed by atoms with Crippen molar-refractivity contribution in [3.8, 4) is 5.75 Å². The SMILES string of the molecule is CC(=O)NCc1c(O)cc2c3c(cccc13)C(=O)N(O)C2=O. The number of phenolic OH excluding ortho intramolecular Hbond substituents is 1. The molecule has 0 bridgehead atoms. The molecule has 0 aromatic heterocycles. The van der Waals surface area contributed by atoms with Gasteiger partial charge in [0.1, 0.15) is 5.75 Å². The van der Waals surface area contributed by atoms with Crippen molar-refractivity contribution in [3.05, 3.63) is 41.0 Å². The molecule has 3 amide bonds. The zero-order valence-electron chi connectivity index (χ0n) is 11.6. The van der Waals surface area contributed by atoms with Crippen LogP contribution in [-0.2, 0) is 11.3 Å². The second-order valence-corrected chi connectivity index (χ2v) is 4.98. The van der Waals surface area contributed by atoms with Gasteiger partial charge in [0, 0.05) is 24.4 Å². The number of nitrogens with zero attached hydrogens (tertiary/aromatic N) is 1. The van der Waals surface area contributed by atoms with E-state index in [1.807, 2.05) is 0 Å². The Morgan fingerprint density at radius 1 is 1.23 bits per heavy atom. The summed E-state index contributed by atoms with van der Waals surface area (Å²) < 4.78 is 0. The Balaban J connectivity index is 2.32. The lowest BCUT2D eigenvalue weighted by atomic mass is 9.91. The van der Waals surface area contributed by atoms with Crippen molar-refractivity contribution in [1.29, 1.82) is 0 Å². The molecule has 22 heavy (non-hydrogen) atoms. The molecule has 0 aliphatic carbocycles. The van der Waals surface area contributed by atoms with Crippen molar-refractivity contribution < 1.29 is 24.7 Å². The van der Waals surface area contributed by atoms with E-state index in [9.17, 15) is 24.7 Å².